The van der Waals surface area contributed by atoms with Gasteiger partial charge in [0.05, 0.1) is 17.3 Å². The Bertz CT molecular complexity index is 1170. The average molecular weight is 390 g/mol. The zero-order valence-electron chi connectivity index (χ0n) is 15.0. The number of hydrazine groups is 1. The molecule has 0 aliphatic rings. The first kappa shape index (κ1) is 18.2. The van der Waals surface area contributed by atoms with Crippen molar-refractivity contribution in [3.05, 3.63) is 90.1 Å². The van der Waals surface area contributed by atoms with Gasteiger partial charge in [-0.15, -0.1) is 0 Å². The number of benzene rings is 2. The van der Waals surface area contributed by atoms with Crippen molar-refractivity contribution in [2.24, 2.45) is 0 Å². The molecule has 0 unspecified atom stereocenters. The monoisotopic (exact) mass is 390 g/mol. The fourth-order valence-electron chi connectivity index (χ4n) is 2.77. The number of H-pyrrole nitrogens is 1. The van der Waals surface area contributed by atoms with E-state index in [-0.39, 0.29) is 22.8 Å². The van der Waals surface area contributed by atoms with Gasteiger partial charge in [-0.05, 0) is 36.4 Å². The summed E-state index contributed by atoms with van der Waals surface area (Å²) in [5.41, 5.74) is 5.90. The van der Waals surface area contributed by atoms with Gasteiger partial charge in [0.2, 0.25) is 5.89 Å². The largest absolute Gasteiger partial charge is 0.436 e. The van der Waals surface area contributed by atoms with Gasteiger partial charge in [0, 0.05) is 11.8 Å². The molecule has 2 aromatic heterocycles. The fourth-order valence-corrected chi connectivity index (χ4v) is 2.77. The van der Waals surface area contributed by atoms with E-state index in [0.717, 1.165) is 0 Å². The van der Waals surface area contributed by atoms with E-state index in [2.05, 4.69) is 20.8 Å². The van der Waals surface area contributed by atoms with Crippen LogP contribution in [-0.4, -0.2) is 21.8 Å². The first-order valence-corrected chi connectivity index (χ1v) is 8.67. The predicted octanol–water partition coefficient (Wildman–Crippen LogP) is 3.55. The molecule has 0 fully saturated rings. The maximum Gasteiger partial charge on any atom is 0.286 e. The van der Waals surface area contributed by atoms with Crippen LogP contribution < -0.4 is 10.9 Å². The molecule has 2 heterocycles. The summed E-state index contributed by atoms with van der Waals surface area (Å²) in [6.07, 6.45) is 3.00. The molecule has 4 rings (SSSR count). The second-order valence-corrected chi connectivity index (χ2v) is 6.05. The van der Waals surface area contributed by atoms with Crippen molar-refractivity contribution >= 4 is 11.8 Å². The van der Waals surface area contributed by atoms with E-state index in [1.807, 2.05) is 0 Å². The highest BCUT2D eigenvalue weighted by molar-refractivity contribution is 6.02. The summed E-state index contributed by atoms with van der Waals surface area (Å²) in [6.45, 7) is 0. The second-order valence-electron chi connectivity index (χ2n) is 6.05. The van der Waals surface area contributed by atoms with E-state index in [1.165, 1.54) is 12.3 Å². The number of nitrogens with zero attached hydrogens (tertiary/aromatic N) is 1. The smallest absolute Gasteiger partial charge is 0.286 e. The highest BCUT2D eigenvalue weighted by Gasteiger charge is 2.18. The number of rotatable bonds is 4. The molecule has 3 N–H and O–H groups in total. The molecule has 0 atom stereocenters. The summed E-state index contributed by atoms with van der Waals surface area (Å²) >= 11 is 0. The summed E-state index contributed by atoms with van der Waals surface area (Å²) in [4.78, 5) is 31.5. The lowest BCUT2D eigenvalue weighted by molar-refractivity contribution is 0.0844. The molecular formula is C21H15FN4O3. The van der Waals surface area contributed by atoms with E-state index in [4.69, 9.17) is 4.42 Å². The minimum absolute atomic E-state index is 0.157. The summed E-state index contributed by atoms with van der Waals surface area (Å²) in [5, 5.41) is 0. The van der Waals surface area contributed by atoms with E-state index < -0.39 is 17.6 Å². The van der Waals surface area contributed by atoms with Gasteiger partial charge in [-0.3, -0.25) is 20.4 Å². The minimum Gasteiger partial charge on any atom is -0.436 e. The normalized spacial score (nSPS) is 10.5. The molecule has 0 spiro atoms. The molecule has 2 aromatic carbocycles. The van der Waals surface area contributed by atoms with Crippen LogP contribution >= 0.6 is 0 Å². The van der Waals surface area contributed by atoms with Crippen LogP contribution in [0.15, 0.2) is 77.5 Å². The van der Waals surface area contributed by atoms with Crippen LogP contribution in [0.2, 0.25) is 0 Å². The number of carbonyl (C=O) groups excluding carboxylic acids is 2. The van der Waals surface area contributed by atoms with Gasteiger partial charge in [-0.2, -0.15) is 0 Å². The molecular weight excluding hydrogens is 375 g/mol. The van der Waals surface area contributed by atoms with Crippen molar-refractivity contribution in [1.29, 1.82) is 0 Å². The van der Waals surface area contributed by atoms with Crippen LogP contribution in [0.5, 0.6) is 0 Å². The third-order valence-corrected chi connectivity index (χ3v) is 4.18. The Kier molecular flexibility index (Phi) is 4.90. The van der Waals surface area contributed by atoms with Gasteiger partial charge in [0.25, 0.3) is 11.8 Å². The molecule has 4 aromatic rings. The van der Waals surface area contributed by atoms with Gasteiger partial charge in [0.1, 0.15) is 11.5 Å². The maximum atomic E-state index is 14.0. The zero-order valence-corrected chi connectivity index (χ0v) is 15.0. The number of nitrogens with one attached hydrogen (secondary N) is 3. The van der Waals surface area contributed by atoms with Crippen molar-refractivity contribution in [3.8, 4) is 22.8 Å². The third-order valence-electron chi connectivity index (χ3n) is 4.18. The lowest BCUT2D eigenvalue weighted by Gasteiger charge is -2.09. The number of aromatic nitrogens is 2. The number of carbonyl (C=O) groups is 2. The second kappa shape index (κ2) is 7.81. The van der Waals surface area contributed by atoms with Crippen LogP contribution in [0.4, 0.5) is 4.39 Å². The van der Waals surface area contributed by atoms with Crippen LogP contribution in [0.3, 0.4) is 0 Å². The quantitative estimate of drug-likeness (QED) is 0.464. The van der Waals surface area contributed by atoms with Gasteiger partial charge >= 0.3 is 0 Å². The first-order chi connectivity index (χ1) is 14.1. The van der Waals surface area contributed by atoms with Crippen molar-refractivity contribution < 1.29 is 18.4 Å². The summed E-state index contributed by atoms with van der Waals surface area (Å²) in [7, 11) is 0. The van der Waals surface area contributed by atoms with Gasteiger partial charge < -0.3 is 9.40 Å². The van der Waals surface area contributed by atoms with Gasteiger partial charge in [-0.25, -0.2) is 9.37 Å². The van der Waals surface area contributed by atoms with Crippen molar-refractivity contribution in [2.75, 3.05) is 0 Å². The van der Waals surface area contributed by atoms with Crippen LogP contribution in [0, 0.1) is 5.82 Å². The Morgan fingerprint density at radius 1 is 0.897 bits per heavy atom. The number of oxazole rings is 1. The van der Waals surface area contributed by atoms with Crippen LogP contribution in [-0.2, 0) is 0 Å². The first-order valence-electron chi connectivity index (χ1n) is 8.67. The van der Waals surface area contributed by atoms with Crippen molar-refractivity contribution in [2.45, 2.75) is 0 Å². The highest BCUT2D eigenvalue weighted by Crippen LogP contribution is 2.29. The summed E-state index contributed by atoms with van der Waals surface area (Å²) < 4.78 is 19.7. The minimum atomic E-state index is -0.550. The Labute approximate surface area is 164 Å². The molecule has 8 heteroatoms. The topological polar surface area (TPSA) is 100 Å². The molecule has 0 aliphatic heterocycles. The third kappa shape index (κ3) is 3.77. The summed E-state index contributed by atoms with van der Waals surface area (Å²) in [5.74, 6) is -1.07. The van der Waals surface area contributed by atoms with Gasteiger partial charge in [0.15, 0.2) is 5.76 Å². The van der Waals surface area contributed by atoms with Crippen LogP contribution in [0.25, 0.3) is 22.8 Å². The Morgan fingerprint density at radius 3 is 2.38 bits per heavy atom. The SMILES string of the molecule is O=C(NNC(=O)c1ccccc1-c1ncc(-c2ccccc2F)o1)c1ccc[nH]1. The van der Waals surface area contributed by atoms with Gasteiger partial charge in [-0.1, -0.05) is 24.3 Å². The average Bonchev–Trinajstić information content (AvgIpc) is 3.44. The zero-order chi connectivity index (χ0) is 20.2. The number of halogens is 1. The molecule has 0 saturated carbocycles. The van der Waals surface area contributed by atoms with E-state index >= 15 is 0 Å². The van der Waals surface area contributed by atoms with Crippen molar-refractivity contribution in [3.63, 3.8) is 0 Å². The molecule has 2 amide bonds. The Balaban J connectivity index is 1.56. The molecule has 0 radical (unpaired) electrons. The molecule has 144 valence electrons. The van der Waals surface area contributed by atoms with E-state index in [1.54, 1.807) is 60.8 Å². The molecule has 29 heavy (non-hydrogen) atoms. The summed E-state index contributed by atoms with van der Waals surface area (Å²) in [6, 6.07) is 16.0. The highest BCUT2D eigenvalue weighted by atomic mass is 19.1. The fraction of sp³-hybridized carbons (Fsp3) is 0. The Hall–Kier alpha value is -4.20. The van der Waals surface area contributed by atoms with Crippen LogP contribution in [0.1, 0.15) is 20.8 Å². The number of amides is 2. The van der Waals surface area contributed by atoms with Crippen molar-refractivity contribution in [1.82, 2.24) is 20.8 Å². The number of hydrogen-bond acceptors (Lipinski definition) is 4. The lowest BCUT2D eigenvalue weighted by atomic mass is 10.1. The molecule has 0 saturated heterocycles. The Morgan fingerprint density at radius 2 is 1.62 bits per heavy atom. The lowest BCUT2D eigenvalue weighted by Crippen LogP contribution is -2.41. The van der Waals surface area contributed by atoms with E-state index in [0.29, 0.717) is 11.3 Å². The maximum absolute atomic E-state index is 14.0. The molecule has 0 bridgehead atoms. The number of aromatic amines is 1. The molecule has 0 aliphatic carbocycles. The number of hydrogen-bond donors (Lipinski definition) is 3. The standard InChI is InChI=1S/C21H15FN4O3/c22-16-9-4-3-8-15(16)18-12-24-21(29-18)14-7-2-1-6-13(14)19(27)25-26-20(28)17-10-5-11-23-17/h1-12,23H,(H,25,27)(H,26,28). The molecule has 7 nitrogen and oxygen atoms in total. The van der Waals surface area contributed by atoms with E-state index in [9.17, 15) is 14.0 Å². The predicted molar refractivity (Wildman–Crippen MR) is 103 cm³/mol.